The Hall–Kier alpha value is -2.71. The molecule has 0 aromatic heterocycles. The lowest BCUT2D eigenvalue weighted by molar-refractivity contribution is -0.116. The number of nitrogens with zero attached hydrogens (tertiary/aromatic N) is 1. The number of benzene rings is 2. The normalized spacial score (nSPS) is 13.0. The van der Waals surface area contributed by atoms with Gasteiger partial charge < -0.3 is 9.64 Å². The molecule has 0 spiro atoms. The number of hydrogen-bond acceptors (Lipinski definition) is 5. The van der Waals surface area contributed by atoms with Crippen molar-refractivity contribution < 1.29 is 26.5 Å². The smallest absolute Gasteiger partial charge is 0.264 e. The highest BCUT2D eigenvalue weighted by Crippen LogP contribution is 2.34. The maximum Gasteiger partial charge on any atom is 0.264 e. The summed E-state index contributed by atoms with van der Waals surface area (Å²) in [5, 5.41) is 0. The third-order valence-electron chi connectivity index (χ3n) is 4.41. The minimum Gasteiger partial charge on any atom is -0.491 e. The molecule has 1 aliphatic carbocycles. The van der Waals surface area contributed by atoms with Crippen molar-refractivity contribution in [2.45, 2.75) is 13.5 Å². The molecule has 1 amide bonds. The summed E-state index contributed by atoms with van der Waals surface area (Å²) in [4.78, 5) is 13.8. The molecular formula is C22H22FNO5S. The zero-order valence-electron chi connectivity index (χ0n) is 16.7. The minimum absolute atomic E-state index is 0.00879. The number of rotatable bonds is 9. The van der Waals surface area contributed by atoms with Gasteiger partial charge in [-0.2, -0.15) is 8.42 Å². The fourth-order valence-corrected chi connectivity index (χ4v) is 3.29. The third kappa shape index (κ3) is 5.90. The molecule has 0 aliphatic heterocycles. The summed E-state index contributed by atoms with van der Waals surface area (Å²) < 4.78 is 46.4. The van der Waals surface area contributed by atoms with E-state index in [1.165, 1.54) is 30.0 Å². The van der Waals surface area contributed by atoms with Crippen molar-refractivity contribution in [2.24, 2.45) is 0 Å². The number of halogens is 1. The van der Waals surface area contributed by atoms with Crippen LogP contribution in [0.2, 0.25) is 0 Å². The number of hydrogen-bond donors (Lipinski definition) is 0. The van der Waals surface area contributed by atoms with Gasteiger partial charge in [0.1, 0.15) is 24.8 Å². The molecule has 0 unspecified atom stereocenters. The van der Waals surface area contributed by atoms with Crippen LogP contribution in [0.25, 0.3) is 5.57 Å². The summed E-state index contributed by atoms with van der Waals surface area (Å²) in [6, 6.07) is 9.59. The van der Waals surface area contributed by atoms with Crippen molar-refractivity contribution >= 4 is 27.3 Å². The lowest BCUT2D eigenvalue weighted by atomic mass is 10.1. The van der Waals surface area contributed by atoms with Crippen LogP contribution in [0.3, 0.4) is 0 Å². The molecule has 0 fully saturated rings. The van der Waals surface area contributed by atoms with Crippen molar-refractivity contribution in [1.29, 1.82) is 0 Å². The van der Waals surface area contributed by atoms with Gasteiger partial charge in [-0.05, 0) is 47.9 Å². The van der Waals surface area contributed by atoms with E-state index >= 15 is 0 Å². The predicted molar refractivity (Wildman–Crippen MR) is 113 cm³/mol. The van der Waals surface area contributed by atoms with Crippen molar-refractivity contribution in [1.82, 2.24) is 0 Å². The van der Waals surface area contributed by atoms with Crippen molar-refractivity contribution in [2.75, 3.05) is 24.4 Å². The van der Waals surface area contributed by atoms with Crippen LogP contribution >= 0.6 is 0 Å². The van der Waals surface area contributed by atoms with E-state index in [1.54, 1.807) is 6.07 Å². The van der Waals surface area contributed by atoms with Gasteiger partial charge in [-0.3, -0.25) is 8.98 Å². The van der Waals surface area contributed by atoms with Gasteiger partial charge in [0.2, 0.25) is 5.91 Å². The monoisotopic (exact) mass is 431 g/mol. The summed E-state index contributed by atoms with van der Waals surface area (Å²) in [6.45, 7) is 5.29. The van der Waals surface area contributed by atoms with E-state index in [-0.39, 0.29) is 25.7 Å². The van der Waals surface area contributed by atoms with Gasteiger partial charge in [0.25, 0.3) is 10.1 Å². The topological polar surface area (TPSA) is 72.9 Å². The first-order chi connectivity index (χ1) is 14.1. The first-order valence-electron chi connectivity index (χ1n) is 9.19. The Kier molecular flexibility index (Phi) is 6.58. The number of carbonyl (C=O) groups is 1. The summed E-state index contributed by atoms with van der Waals surface area (Å²) in [6.07, 6.45) is 4.89. The molecule has 2 aromatic carbocycles. The van der Waals surface area contributed by atoms with E-state index in [0.29, 0.717) is 22.6 Å². The molecule has 0 saturated carbocycles. The predicted octanol–water partition coefficient (Wildman–Crippen LogP) is 3.52. The maximum atomic E-state index is 13.8. The number of allylic oxidation sites excluding steroid dienone is 2. The van der Waals surface area contributed by atoms with Crippen LogP contribution in [0.15, 0.2) is 42.5 Å². The number of carbonyl (C=O) groups excluding carboxylic acids is 1. The lowest BCUT2D eigenvalue weighted by Gasteiger charge is -2.25. The molecule has 1 aliphatic rings. The highest BCUT2D eigenvalue weighted by Gasteiger charge is 2.20. The first kappa shape index (κ1) is 22.0. The Morgan fingerprint density at radius 1 is 1.17 bits per heavy atom. The number of ether oxygens (including phenoxy) is 1. The van der Waals surface area contributed by atoms with E-state index in [9.17, 15) is 17.6 Å². The minimum atomic E-state index is -3.56. The maximum absolute atomic E-state index is 13.8. The second-order valence-corrected chi connectivity index (χ2v) is 8.51. The Morgan fingerprint density at radius 2 is 1.90 bits per heavy atom. The zero-order valence-corrected chi connectivity index (χ0v) is 17.5. The SMILES string of the molecule is [CH2]c1ccc(F)cc1N(Cc1cc(C2=C[CH]2)ccc1OCCOS(C)(=O)=O)C(C)=O. The average Bonchev–Trinajstić information content (AvgIpc) is 3.50. The van der Waals surface area contributed by atoms with Crippen LogP contribution in [-0.4, -0.2) is 33.8 Å². The van der Waals surface area contributed by atoms with Gasteiger partial charge in [-0.25, -0.2) is 4.39 Å². The quantitative estimate of drug-likeness (QED) is 0.449. The second-order valence-electron chi connectivity index (χ2n) is 6.86. The van der Waals surface area contributed by atoms with Crippen LogP contribution in [-0.2, 0) is 25.6 Å². The van der Waals surface area contributed by atoms with Gasteiger partial charge >= 0.3 is 0 Å². The first-order valence-corrected chi connectivity index (χ1v) is 11.0. The standard InChI is InChI=1S/C22H22FNO5S/c1-15-4-8-20(23)13-21(15)24(16(2)25)14-19-12-18(17-5-6-17)7-9-22(19)28-10-11-29-30(3,26)27/h4-9,12-13H,1,10-11,14H2,2-3H3. The van der Waals surface area contributed by atoms with Crippen LogP contribution in [0.5, 0.6) is 5.75 Å². The van der Waals surface area contributed by atoms with E-state index in [4.69, 9.17) is 8.92 Å². The van der Waals surface area contributed by atoms with Gasteiger partial charge in [-0.15, -0.1) is 0 Å². The molecule has 0 heterocycles. The molecule has 2 aromatic rings. The van der Waals surface area contributed by atoms with Crippen molar-refractivity contribution in [3.8, 4) is 5.75 Å². The summed E-state index contributed by atoms with van der Waals surface area (Å²) in [5.41, 5.74) is 3.61. The Morgan fingerprint density at radius 3 is 2.53 bits per heavy atom. The molecule has 0 bridgehead atoms. The Labute approximate surface area is 176 Å². The van der Waals surface area contributed by atoms with Gasteiger partial charge in [0, 0.05) is 18.9 Å². The largest absolute Gasteiger partial charge is 0.491 e. The molecule has 3 rings (SSSR count). The van der Waals surface area contributed by atoms with E-state index in [0.717, 1.165) is 17.4 Å². The number of anilines is 1. The van der Waals surface area contributed by atoms with Gasteiger partial charge in [0.05, 0.1) is 18.5 Å². The highest BCUT2D eigenvalue weighted by atomic mass is 32.2. The summed E-state index contributed by atoms with van der Waals surface area (Å²) in [5.74, 6) is -0.269. The van der Waals surface area contributed by atoms with E-state index in [1.807, 2.05) is 24.6 Å². The molecule has 0 N–H and O–H groups in total. The van der Waals surface area contributed by atoms with Crippen molar-refractivity contribution in [3.05, 3.63) is 78.3 Å². The summed E-state index contributed by atoms with van der Waals surface area (Å²) >= 11 is 0. The fraction of sp³-hybridized carbons (Fsp3) is 0.227. The summed E-state index contributed by atoms with van der Waals surface area (Å²) in [7, 11) is -3.56. The number of amides is 1. The van der Waals surface area contributed by atoms with E-state index in [2.05, 4.69) is 6.92 Å². The van der Waals surface area contributed by atoms with Crippen LogP contribution < -0.4 is 9.64 Å². The molecular weight excluding hydrogens is 409 g/mol. The molecule has 8 heteroatoms. The van der Waals surface area contributed by atoms with E-state index < -0.39 is 15.9 Å². The van der Waals surface area contributed by atoms with Crippen LogP contribution in [0.4, 0.5) is 10.1 Å². The molecule has 0 saturated heterocycles. The third-order valence-corrected chi connectivity index (χ3v) is 5.01. The molecule has 158 valence electrons. The zero-order chi connectivity index (χ0) is 21.9. The average molecular weight is 431 g/mol. The molecule has 2 radical (unpaired) electrons. The highest BCUT2D eigenvalue weighted by molar-refractivity contribution is 7.85. The molecule has 6 nitrogen and oxygen atoms in total. The van der Waals surface area contributed by atoms with Crippen LogP contribution in [0, 0.1) is 19.2 Å². The fourth-order valence-electron chi connectivity index (χ4n) is 2.92. The molecule has 30 heavy (non-hydrogen) atoms. The second kappa shape index (κ2) is 8.97. The Balaban J connectivity index is 1.87. The van der Waals surface area contributed by atoms with Gasteiger partial charge in [-0.1, -0.05) is 18.2 Å². The van der Waals surface area contributed by atoms with Crippen molar-refractivity contribution in [3.63, 3.8) is 0 Å². The Bertz CT molecular complexity index is 1090. The van der Waals surface area contributed by atoms with Gasteiger partial charge in [0.15, 0.2) is 0 Å². The van der Waals surface area contributed by atoms with Crippen LogP contribution in [0.1, 0.15) is 23.6 Å². The lowest BCUT2D eigenvalue weighted by Crippen LogP contribution is -2.29. The molecule has 0 atom stereocenters.